The third kappa shape index (κ3) is 2.32. The lowest BCUT2D eigenvalue weighted by Crippen LogP contribution is -2.34. The second-order valence-electron chi connectivity index (χ2n) is 4.57. The van der Waals surface area contributed by atoms with Gasteiger partial charge in [0.2, 0.25) is 10.0 Å². The fraction of sp³-hybridized carbons (Fsp3) is 0.545. The smallest absolute Gasteiger partial charge is 0.246 e. The molecule has 0 aliphatic carbocycles. The molecule has 0 saturated carbocycles. The Morgan fingerprint density at radius 1 is 1.47 bits per heavy atom. The standard InChI is InChI=1S/C11H15ClN2O2S/c1-8-5-9(2)14(7-8)17(15,16)11-6-13-4-3-10(11)12/h3-4,6,8-9H,5,7H2,1-2H3. The van der Waals surface area contributed by atoms with Gasteiger partial charge in [-0.15, -0.1) is 0 Å². The molecule has 1 aromatic rings. The fourth-order valence-electron chi connectivity index (χ4n) is 2.28. The molecule has 2 rings (SSSR count). The molecule has 1 aliphatic rings. The van der Waals surface area contributed by atoms with Crippen molar-refractivity contribution in [3.05, 3.63) is 23.5 Å². The summed E-state index contributed by atoms with van der Waals surface area (Å²) in [5.74, 6) is 0.384. The zero-order chi connectivity index (χ0) is 12.6. The van der Waals surface area contributed by atoms with Gasteiger partial charge in [0, 0.05) is 25.0 Å². The quantitative estimate of drug-likeness (QED) is 0.830. The van der Waals surface area contributed by atoms with Gasteiger partial charge in [-0.3, -0.25) is 4.98 Å². The van der Waals surface area contributed by atoms with Crippen LogP contribution < -0.4 is 0 Å². The number of rotatable bonds is 2. The summed E-state index contributed by atoms with van der Waals surface area (Å²) in [6, 6.07) is 1.52. The van der Waals surface area contributed by atoms with Crippen LogP contribution in [0.4, 0.5) is 0 Å². The Hall–Kier alpha value is -0.650. The molecule has 2 atom stereocenters. The molecule has 0 aromatic carbocycles. The van der Waals surface area contributed by atoms with E-state index in [9.17, 15) is 8.42 Å². The van der Waals surface area contributed by atoms with E-state index in [2.05, 4.69) is 11.9 Å². The van der Waals surface area contributed by atoms with Crippen LogP contribution in [-0.2, 0) is 10.0 Å². The summed E-state index contributed by atoms with van der Waals surface area (Å²) in [6.45, 7) is 4.52. The first-order valence-corrected chi connectivity index (χ1v) is 7.36. The molecule has 0 spiro atoms. The summed E-state index contributed by atoms with van der Waals surface area (Å²) in [4.78, 5) is 3.94. The van der Waals surface area contributed by atoms with E-state index < -0.39 is 10.0 Å². The number of hydrogen-bond acceptors (Lipinski definition) is 3. The van der Waals surface area contributed by atoms with Crippen molar-refractivity contribution >= 4 is 21.6 Å². The molecule has 1 aromatic heterocycles. The third-order valence-corrected chi connectivity index (χ3v) is 5.50. The normalized spacial score (nSPS) is 26.3. The highest BCUT2D eigenvalue weighted by atomic mass is 35.5. The number of hydrogen-bond donors (Lipinski definition) is 0. The largest absolute Gasteiger partial charge is 0.263 e. The summed E-state index contributed by atoms with van der Waals surface area (Å²) in [7, 11) is -3.51. The van der Waals surface area contributed by atoms with Crippen molar-refractivity contribution in [2.24, 2.45) is 5.92 Å². The number of sulfonamides is 1. The van der Waals surface area contributed by atoms with E-state index in [1.165, 1.54) is 22.8 Å². The predicted molar refractivity (Wildman–Crippen MR) is 66.4 cm³/mol. The molecule has 1 aliphatic heterocycles. The van der Waals surface area contributed by atoms with E-state index in [4.69, 9.17) is 11.6 Å². The van der Waals surface area contributed by atoms with Gasteiger partial charge in [0.1, 0.15) is 4.90 Å². The molecule has 0 radical (unpaired) electrons. The van der Waals surface area contributed by atoms with Crippen molar-refractivity contribution in [1.82, 2.24) is 9.29 Å². The molecule has 1 fully saturated rings. The highest BCUT2D eigenvalue weighted by Crippen LogP contribution is 2.31. The van der Waals surface area contributed by atoms with Crippen molar-refractivity contribution in [3.63, 3.8) is 0 Å². The molecule has 2 unspecified atom stereocenters. The Bertz CT molecular complexity index is 518. The van der Waals surface area contributed by atoms with E-state index in [0.29, 0.717) is 12.5 Å². The van der Waals surface area contributed by atoms with Crippen molar-refractivity contribution in [2.45, 2.75) is 31.2 Å². The minimum Gasteiger partial charge on any atom is -0.263 e. The van der Waals surface area contributed by atoms with Gasteiger partial charge in [0.15, 0.2) is 0 Å². The summed E-state index contributed by atoms with van der Waals surface area (Å²) in [5, 5.41) is 0.228. The maximum absolute atomic E-state index is 12.4. The Labute approximate surface area is 107 Å². The maximum atomic E-state index is 12.4. The Balaban J connectivity index is 2.41. The van der Waals surface area contributed by atoms with E-state index in [1.54, 1.807) is 0 Å². The van der Waals surface area contributed by atoms with Crippen LogP contribution in [0.2, 0.25) is 5.02 Å². The highest BCUT2D eigenvalue weighted by Gasteiger charge is 2.37. The zero-order valence-electron chi connectivity index (χ0n) is 9.80. The Morgan fingerprint density at radius 3 is 2.71 bits per heavy atom. The van der Waals surface area contributed by atoms with E-state index >= 15 is 0 Å². The maximum Gasteiger partial charge on any atom is 0.246 e. The monoisotopic (exact) mass is 274 g/mol. The first-order chi connectivity index (χ1) is 7.93. The van der Waals surface area contributed by atoms with Crippen molar-refractivity contribution in [1.29, 1.82) is 0 Å². The molecule has 4 nitrogen and oxygen atoms in total. The van der Waals surface area contributed by atoms with Crippen LogP contribution in [0.25, 0.3) is 0 Å². The van der Waals surface area contributed by atoms with Gasteiger partial charge in [-0.25, -0.2) is 8.42 Å². The molecule has 1 saturated heterocycles. The van der Waals surface area contributed by atoms with E-state index in [-0.39, 0.29) is 16.0 Å². The minimum absolute atomic E-state index is 0.0197. The number of aromatic nitrogens is 1. The lowest BCUT2D eigenvalue weighted by atomic mass is 10.1. The van der Waals surface area contributed by atoms with Crippen molar-refractivity contribution in [3.8, 4) is 0 Å². The first-order valence-electron chi connectivity index (χ1n) is 5.54. The molecular formula is C11H15ClN2O2S. The predicted octanol–water partition coefficient (Wildman–Crippen LogP) is 2.15. The molecule has 0 bridgehead atoms. The summed E-state index contributed by atoms with van der Waals surface area (Å²) in [6.07, 6.45) is 3.68. The molecule has 0 amide bonds. The second-order valence-corrected chi connectivity index (χ2v) is 6.84. The molecule has 2 heterocycles. The van der Waals surface area contributed by atoms with Crippen LogP contribution >= 0.6 is 11.6 Å². The van der Waals surface area contributed by atoms with Crippen LogP contribution in [0.3, 0.4) is 0 Å². The van der Waals surface area contributed by atoms with Gasteiger partial charge in [0.05, 0.1) is 5.02 Å². The molecule has 94 valence electrons. The van der Waals surface area contributed by atoms with Crippen molar-refractivity contribution < 1.29 is 8.42 Å². The average Bonchev–Trinajstić information content (AvgIpc) is 2.59. The van der Waals surface area contributed by atoms with Gasteiger partial charge >= 0.3 is 0 Å². The molecule has 0 N–H and O–H groups in total. The summed E-state index contributed by atoms with van der Waals surface area (Å²) in [5.41, 5.74) is 0. The summed E-state index contributed by atoms with van der Waals surface area (Å²) < 4.78 is 26.3. The van der Waals surface area contributed by atoms with E-state index in [1.807, 2.05) is 6.92 Å². The first kappa shape index (κ1) is 12.8. The van der Waals surface area contributed by atoms with Crippen LogP contribution in [0.5, 0.6) is 0 Å². The highest BCUT2D eigenvalue weighted by molar-refractivity contribution is 7.89. The lowest BCUT2D eigenvalue weighted by Gasteiger charge is -2.21. The zero-order valence-corrected chi connectivity index (χ0v) is 11.4. The van der Waals surface area contributed by atoms with Gasteiger partial charge in [-0.2, -0.15) is 4.31 Å². The van der Waals surface area contributed by atoms with Gasteiger partial charge < -0.3 is 0 Å². The van der Waals surface area contributed by atoms with Crippen LogP contribution in [0.1, 0.15) is 20.3 Å². The van der Waals surface area contributed by atoms with Crippen LogP contribution in [-0.4, -0.2) is 30.3 Å². The minimum atomic E-state index is -3.51. The van der Waals surface area contributed by atoms with Crippen LogP contribution in [0, 0.1) is 5.92 Å². The number of pyridine rings is 1. The SMILES string of the molecule is CC1CC(C)N(S(=O)(=O)c2cnccc2Cl)C1. The van der Waals surface area contributed by atoms with Gasteiger partial charge in [-0.05, 0) is 25.3 Å². The van der Waals surface area contributed by atoms with Gasteiger partial charge in [-0.1, -0.05) is 18.5 Å². The molecule has 17 heavy (non-hydrogen) atoms. The average molecular weight is 275 g/mol. The van der Waals surface area contributed by atoms with Gasteiger partial charge in [0.25, 0.3) is 0 Å². The Kier molecular flexibility index (Phi) is 3.43. The van der Waals surface area contributed by atoms with Crippen molar-refractivity contribution in [2.75, 3.05) is 6.54 Å². The number of nitrogens with zero attached hydrogens (tertiary/aromatic N) is 2. The molecular weight excluding hydrogens is 260 g/mol. The molecule has 6 heteroatoms. The fourth-order valence-corrected chi connectivity index (χ4v) is 4.45. The lowest BCUT2D eigenvalue weighted by molar-refractivity contribution is 0.405. The Morgan fingerprint density at radius 2 is 2.18 bits per heavy atom. The van der Waals surface area contributed by atoms with Crippen LogP contribution in [0.15, 0.2) is 23.4 Å². The second kappa shape index (κ2) is 4.55. The van der Waals surface area contributed by atoms with E-state index in [0.717, 1.165) is 6.42 Å². The third-order valence-electron chi connectivity index (χ3n) is 3.05. The topological polar surface area (TPSA) is 50.3 Å². The number of halogens is 1. The summed E-state index contributed by atoms with van der Waals surface area (Å²) >= 11 is 5.93.